The van der Waals surface area contributed by atoms with Crippen LogP contribution in [0.5, 0.6) is 5.75 Å². The molecule has 0 saturated heterocycles. The van der Waals surface area contributed by atoms with Gasteiger partial charge >= 0.3 is 5.97 Å². The van der Waals surface area contributed by atoms with E-state index in [2.05, 4.69) is 18.3 Å². The molecule has 18 heavy (non-hydrogen) atoms. The maximum absolute atomic E-state index is 10.4. The van der Waals surface area contributed by atoms with E-state index in [9.17, 15) is 4.79 Å². The maximum atomic E-state index is 10.4. The lowest BCUT2D eigenvalue weighted by Crippen LogP contribution is -2.20. The van der Waals surface area contributed by atoms with Crippen molar-refractivity contribution >= 4 is 5.97 Å². The largest absolute Gasteiger partial charge is 0.497 e. The van der Waals surface area contributed by atoms with Crippen molar-refractivity contribution in [3.63, 3.8) is 0 Å². The first kappa shape index (κ1) is 14.5. The first-order valence-electron chi connectivity index (χ1n) is 6.22. The Kier molecular flexibility index (Phi) is 6.22. The summed E-state index contributed by atoms with van der Waals surface area (Å²) in [6.45, 7) is 2.91. The third-order valence-electron chi connectivity index (χ3n) is 2.86. The number of hydrogen-bond acceptors (Lipinski definition) is 3. The van der Waals surface area contributed by atoms with Crippen molar-refractivity contribution in [1.29, 1.82) is 0 Å². The zero-order chi connectivity index (χ0) is 13.4. The second-order valence-electron chi connectivity index (χ2n) is 4.30. The van der Waals surface area contributed by atoms with Gasteiger partial charge in [-0.1, -0.05) is 12.1 Å². The molecular formula is C14H21NO3. The van der Waals surface area contributed by atoms with Crippen LogP contribution < -0.4 is 10.1 Å². The first-order chi connectivity index (χ1) is 8.63. The number of methoxy groups -OCH3 is 1. The van der Waals surface area contributed by atoms with Gasteiger partial charge in [0.05, 0.1) is 7.11 Å². The molecule has 4 nitrogen and oxygen atoms in total. The summed E-state index contributed by atoms with van der Waals surface area (Å²) in [5.74, 6) is 0.128. The van der Waals surface area contributed by atoms with E-state index < -0.39 is 5.97 Å². The van der Waals surface area contributed by atoms with Gasteiger partial charge < -0.3 is 15.2 Å². The Balaban J connectivity index is 2.31. The van der Waals surface area contributed by atoms with E-state index in [0.717, 1.165) is 18.7 Å². The number of carbonyl (C=O) groups is 1. The molecule has 0 radical (unpaired) electrons. The third-order valence-corrected chi connectivity index (χ3v) is 2.86. The summed E-state index contributed by atoms with van der Waals surface area (Å²) in [4.78, 5) is 10.4. The molecule has 1 aromatic rings. The number of ether oxygens (including phenoxy) is 1. The summed E-state index contributed by atoms with van der Waals surface area (Å²) < 4.78 is 5.18. The molecule has 0 fully saturated rings. The fourth-order valence-corrected chi connectivity index (χ4v) is 1.75. The molecule has 0 heterocycles. The van der Waals surface area contributed by atoms with Gasteiger partial charge in [0.1, 0.15) is 5.75 Å². The number of rotatable bonds is 8. The van der Waals surface area contributed by atoms with Crippen LogP contribution in [0.15, 0.2) is 24.3 Å². The van der Waals surface area contributed by atoms with Gasteiger partial charge in [-0.05, 0) is 44.0 Å². The molecule has 0 amide bonds. The summed E-state index contributed by atoms with van der Waals surface area (Å²) in [7, 11) is 1.66. The molecule has 0 unspecified atom stereocenters. The summed E-state index contributed by atoms with van der Waals surface area (Å²) in [6.07, 6.45) is 1.84. The van der Waals surface area contributed by atoms with Crippen LogP contribution in [0.2, 0.25) is 0 Å². The van der Waals surface area contributed by atoms with Crippen LogP contribution >= 0.6 is 0 Å². The molecule has 0 spiro atoms. The van der Waals surface area contributed by atoms with Gasteiger partial charge in [-0.2, -0.15) is 0 Å². The van der Waals surface area contributed by atoms with Crippen molar-refractivity contribution in [3.8, 4) is 5.75 Å². The van der Waals surface area contributed by atoms with Crippen molar-refractivity contribution in [3.05, 3.63) is 29.8 Å². The summed E-state index contributed by atoms with van der Waals surface area (Å²) >= 11 is 0. The second-order valence-corrected chi connectivity index (χ2v) is 4.30. The number of benzene rings is 1. The zero-order valence-corrected chi connectivity index (χ0v) is 11.0. The molecule has 4 heteroatoms. The Morgan fingerprint density at radius 3 is 2.89 bits per heavy atom. The molecule has 1 aromatic carbocycles. The summed E-state index contributed by atoms with van der Waals surface area (Å²) in [6, 6.07) is 8.19. The molecule has 0 bridgehead atoms. The van der Waals surface area contributed by atoms with Gasteiger partial charge in [0.2, 0.25) is 0 Å². The van der Waals surface area contributed by atoms with Crippen LogP contribution in [0.3, 0.4) is 0 Å². The first-order valence-corrected chi connectivity index (χ1v) is 6.22. The fourth-order valence-electron chi connectivity index (χ4n) is 1.75. The minimum atomic E-state index is -0.726. The number of nitrogens with one attached hydrogen (secondary N) is 1. The summed E-state index contributed by atoms with van der Waals surface area (Å²) in [5.41, 5.74) is 1.17. The number of carboxylic acids is 1. The van der Waals surface area contributed by atoms with Crippen LogP contribution in [-0.2, 0) is 4.79 Å². The molecule has 2 N–H and O–H groups in total. The van der Waals surface area contributed by atoms with Crippen molar-refractivity contribution < 1.29 is 14.6 Å². The Morgan fingerprint density at radius 1 is 1.44 bits per heavy atom. The molecule has 0 aliphatic carbocycles. The van der Waals surface area contributed by atoms with Crippen LogP contribution in [-0.4, -0.2) is 24.7 Å². The lowest BCUT2D eigenvalue weighted by molar-refractivity contribution is -0.137. The van der Waals surface area contributed by atoms with Gasteiger partial charge in [-0.3, -0.25) is 4.79 Å². The average molecular weight is 251 g/mol. The number of unbranched alkanes of at least 4 members (excludes halogenated alkanes) is 1. The predicted molar refractivity (Wildman–Crippen MR) is 70.9 cm³/mol. The van der Waals surface area contributed by atoms with Gasteiger partial charge in [-0.15, -0.1) is 0 Å². The van der Waals surface area contributed by atoms with E-state index in [1.165, 1.54) is 5.56 Å². The average Bonchev–Trinajstić information content (AvgIpc) is 2.37. The standard InChI is InChI=1S/C14H21NO3/c1-11(15-9-4-3-8-14(16)17)12-6-5-7-13(10-12)18-2/h5-7,10-11,15H,3-4,8-9H2,1-2H3,(H,16,17)/t11-/m0/s1. The smallest absolute Gasteiger partial charge is 0.303 e. The normalized spacial score (nSPS) is 12.1. The molecule has 0 aliphatic rings. The van der Waals surface area contributed by atoms with Crippen LogP contribution in [0.4, 0.5) is 0 Å². The molecule has 100 valence electrons. The number of aliphatic carboxylic acids is 1. The topological polar surface area (TPSA) is 58.6 Å². The molecular weight excluding hydrogens is 230 g/mol. The van der Waals surface area contributed by atoms with E-state index in [4.69, 9.17) is 9.84 Å². The van der Waals surface area contributed by atoms with Gasteiger partial charge in [0.25, 0.3) is 0 Å². The SMILES string of the molecule is COc1cccc([C@H](C)NCCCCC(=O)O)c1. The van der Waals surface area contributed by atoms with Gasteiger partial charge in [0, 0.05) is 12.5 Å². The minimum absolute atomic E-state index is 0.241. The number of carboxylic acid groups (broad SMARTS) is 1. The summed E-state index contributed by atoms with van der Waals surface area (Å²) in [5, 5.41) is 11.9. The van der Waals surface area contributed by atoms with Crippen LogP contribution in [0.25, 0.3) is 0 Å². The Labute approximate surface area is 108 Å². The van der Waals surface area contributed by atoms with Crippen molar-refractivity contribution in [2.45, 2.75) is 32.2 Å². The van der Waals surface area contributed by atoms with E-state index in [-0.39, 0.29) is 12.5 Å². The van der Waals surface area contributed by atoms with Gasteiger partial charge in [0.15, 0.2) is 0 Å². The Hall–Kier alpha value is -1.55. The van der Waals surface area contributed by atoms with Crippen molar-refractivity contribution in [1.82, 2.24) is 5.32 Å². The lowest BCUT2D eigenvalue weighted by Gasteiger charge is -2.14. The highest BCUT2D eigenvalue weighted by atomic mass is 16.5. The quantitative estimate of drug-likeness (QED) is 0.697. The van der Waals surface area contributed by atoms with E-state index >= 15 is 0 Å². The Morgan fingerprint density at radius 2 is 2.22 bits per heavy atom. The lowest BCUT2D eigenvalue weighted by atomic mass is 10.1. The minimum Gasteiger partial charge on any atom is -0.497 e. The molecule has 1 rings (SSSR count). The second kappa shape index (κ2) is 7.71. The maximum Gasteiger partial charge on any atom is 0.303 e. The zero-order valence-electron chi connectivity index (χ0n) is 11.0. The molecule has 0 aromatic heterocycles. The van der Waals surface area contributed by atoms with Crippen LogP contribution in [0.1, 0.15) is 37.8 Å². The highest BCUT2D eigenvalue weighted by molar-refractivity contribution is 5.66. The monoisotopic (exact) mass is 251 g/mol. The van der Waals surface area contributed by atoms with Gasteiger partial charge in [-0.25, -0.2) is 0 Å². The van der Waals surface area contributed by atoms with Crippen molar-refractivity contribution in [2.24, 2.45) is 0 Å². The Bertz CT molecular complexity index is 379. The molecule has 0 aliphatic heterocycles. The highest BCUT2D eigenvalue weighted by Gasteiger charge is 2.05. The number of hydrogen-bond donors (Lipinski definition) is 2. The van der Waals surface area contributed by atoms with E-state index in [1.54, 1.807) is 7.11 Å². The predicted octanol–water partition coefficient (Wildman–Crippen LogP) is 2.60. The molecule has 0 saturated carbocycles. The highest BCUT2D eigenvalue weighted by Crippen LogP contribution is 2.18. The third kappa shape index (κ3) is 5.19. The van der Waals surface area contributed by atoms with Crippen molar-refractivity contribution in [2.75, 3.05) is 13.7 Å². The van der Waals surface area contributed by atoms with E-state index in [0.29, 0.717) is 6.42 Å². The van der Waals surface area contributed by atoms with E-state index in [1.807, 2.05) is 18.2 Å². The van der Waals surface area contributed by atoms with Crippen LogP contribution in [0, 0.1) is 0 Å². The fraction of sp³-hybridized carbons (Fsp3) is 0.500. The molecule has 1 atom stereocenters.